The molecule has 0 bridgehead atoms. The van der Waals surface area contributed by atoms with Crippen molar-refractivity contribution in [3.8, 4) is 0 Å². The first-order valence-corrected chi connectivity index (χ1v) is 9.93. The first kappa shape index (κ1) is 21.1. The fraction of sp³-hybridized carbons (Fsp3) is 0.737. The minimum absolute atomic E-state index is 0.660. The molecule has 1 saturated heterocycles. The molecule has 26 heavy (non-hydrogen) atoms. The Kier molecular flexibility index (Phi) is 9.29. The molecule has 1 aliphatic heterocycles. The van der Waals surface area contributed by atoms with E-state index in [1.54, 1.807) is 0 Å². The number of halogens is 1. The lowest BCUT2D eigenvalue weighted by atomic mass is 10.0. The summed E-state index contributed by atoms with van der Waals surface area (Å²) in [7, 11) is 4.05. The molecule has 6 nitrogen and oxygen atoms in total. The van der Waals surface area contributed by atoms with Crippen molar-refractivity contribution in [2.45, 2.75) is 32.7 Å². The Hall–Kier alpha value is -1.24. The number of aromatic nitrogens is 1. The van der Waals surface area contributed by atoms with Gasteiger partial charge in [-0.2, -0.15) is 0 Å². The van der Waals surface area contributed by atoms with Crippen molar-refractivity contribution in [2.24, 2.45) is 18.0 Å². The monoisotopic (exact) mass is 384 g/mol. The Bertz CT molecular complexity index is 556. The zero-order chi connectivity index (χ0) is 18.8. The maximum atomic E-state index is 6.07. The third-order valence-corrected chi connectivity index (χ3v) is 4.78. The van der Waals surface area contributed by atoms with Gasteiger partial charge in [-0.25, -0.2) is 0 Å². The third kappa shape index (κ3) is 7.17. The minimum Gasteiger partial charge on any atom is -0.381 e. The predicted octanol–water partition coefficient (Wildman–Crippen LogP) is 2.91. The van der Waals surface area contributed by atoms with Crippen molar-refractivity contribution in [1.29, 1.82) is 0 Å². The van der Waals surface area contributed by atoms with E-state index in [1.165, 1.54) is 0 Å². The molecule has 148 valence electrons. The maximum Gasteiger partial charge on any atom is 0.194 e. The van der Waals surface area contributed by atoms with E-state index >= 15 is 0 Å². The normalized spacial score (nSPS) is 16.1. The second kappa shape index (κ2) is 11.5. The topological polar surface area (TPSA) is 51.0 Å². The number of nitrogens with zero attached hydrogens (tertiary/aromatic N) is 3. The number of guanidine groups is 1. The van der Waals surface area contributed by atoms with Crippen LogP contribution in [-0.4, -0.2) is 62.0 Å². The summed E-state index contributed by atoms with van der Waals surface area (Å²) in [6, 6.07) is 1.99. The van der Waals surface area contributed by atoms with Gasteiger partial charge in [-0.1, -0.05) is 11.6 Å². The van der Waals surface area contributed by atoms with Crippen molar-refractivity contribution >= 4 is 17.6 Å². The van der Waals surface area contributed by atoms with Crippen LogP contribution in [0.1, 0.15) is 31.9 Å². The molecule has 0 amide bonds. The lowest BCUT2D eigenvalue weighted by molar-refractivity contribution is 0.0205. The van der Waals surface area contributed by atoms with E-state index in [4.69, 9.17) is 26.1 Å². The second-order valence-corrected chi connectivity index (χ2v) is 7.27. The van der Waals surface area contributed by atoms with Crippen LogP contribution in [0.2, 0.25) is 5.02 Å². The Labute approximate surface area is 162 Å². The molecule has 1 aromatic heterocycles. The van der Waals surface area contributed by atoms with Gasteiger partial charge in [-0.3, -0.25) is 4.99 Å². The molecule has 2 rings (SSSR count). The first-order chi connectivity index (χ1) is 12.6. The van der Waals surface area contributed by atoms with Gasteiger partial charge in [0.1, 0.15) is 0 Å². The first-order valence-electron chi connectivity index (χ1n) is 9.55. The number of nitrogens with one attached hydrogen (secondary N) is 1. The number of ether oxygens (including phenoxy) is 2. The molecule has 1 N–H and O–H groups in total. The molecule has 0 saturated carbocycles. The smallest absolute Gasteiger partial charge is 0.194 e. The van der Waals surface area contributed by atoms with Gasteiger partial charge >= 0.3 is 0 Å². The van der Waals surface area contributed by atoms with Crippen LogP contribution in [0, 0.1) is 5.92 Å². The predicted molar refractivity (Wildman–Crippen MR) is 107 cm³/mol. The minimum atomic E-state index is 0.660. The van der Waals surface area contributed by atoms with E-state index in [0.717, 1.165) is 82.0 Å². The molecule has 0 radical (unpaired) electrons. The van der Waals surface area contributed by atoms with E-state index in [-0.39, 0.29) is 0 Å². The van der Waals surface area contributed by atoms with Crippen LogP contribution in [-0.2, 0) is 23.1 Å². The van der Waals surface area contributed by atoms with Gasteiger partial charge in [0.15, 0.2) is 5.96 Å². The summed E-state index contributed by atoms with van der Waals surface area (Å²) in [6.07, 6.45) is 5.10. The van der Waals surface area contributed by atoms with Gasteiger partial charge < -0.3 is 24.3 Å². The Morgan fingerprint density at radius 1 is 1.46 bits per heavy atom. The van der Waals surface area contributed by atoms with Crippen LogP contribution in [0.5, 0.6) is 0 Å². The molecule has 1 fully saturated rings. The molecule has 7 heteroatoms. The fourth-order valence-electron chi connectivity index (χ4n) is 3.03. The zero-order valence-electron chi connectivity index (χ0n) is 16.3. The summed E-state index contributed by atoms with van der Waals surface area (Å²) in [5.41, 5.74) is 1.16. The summed E-state index contributed by atoms with van der Waals surface area (Å²) in [5, 5.41) is 4.11. The van der Waals surface area contributed by atoms with Gasteiger partial charge in [-0.15, -0.1) is 0 Å². The number of rotatable bonds is 9. The number of hydrogen-bond donors (Lipinski definition) is 1. The zero-order valence-corrected chi connectivity index (χ0v) is 17.1. The SMILES string of the molecule is CCNC(=NCCCOCC1CCOCC1)N(C)Cc1cc(Cl)cn1C. The number of aryl methyl sites for hydroxylation is 1. The molecule has 2 heterocycles. The van der Waals surface area contributed by atoms with Crippen LogP contribution in [0.25, 0.3) is 0 Å². The largest absolute Gasteiger partial charge is 0.381 e. The Balaban J connectivity index is 1.71. The molecular formula is C19H33ClN4O2. The highest BCUT2D eigenvalue weighted by molar-refractivity contribution is 6.30. The van der Waals surface area contributed by atoms with E-state index in [9.17, 15) is 0 Å². The molecule has 0 unspecified atom stereocenters. The summed E-state index contributed by atoms with van der Waals surface area (Å²) in [5.74, 6) is 1.57. The van der Waals surface area contributed by atoms with Gasteiger partial charge in [0.25, 0.3) is 0 Å². The van der Waals surface area contributed by atoms with Crippen LogP contribution in [0.15, 0.2) is 17.3 Å². The summed E-state index contributed by atoms with van der Waals surface area (Å²) in [4.78, 5) is 6.84. The highest BCUT2D eigenvalue weighted by Gasteiger charge is 2.13. The quantitative estimate of drug-likeness (QED) is 0.404. The number of aliphatic imine (C=N–C) groups is 1. The van der Waals surface area contributed by atoms with Gasteiger partial charge in [0.05, 0.1) is 11.6 Å². The average Bonchev–Trinajstić information content (AvgIpc) is 2.94. The highest BCUT2D eigenvalue weighted by atomic mass is 35.5. The Morgan fingerprint density at radius 2 is 2.23 bits per heavy atom. The lowest BCUT2D eigenvalue weighted by Crippen LogP contribution is -2.39. The van der Waals surface area contributed by atoms with Crippen molar-refractivity contribution in [2.75, 3.05) is 46.6 Å². The van der Waals surface area contributed by atoms with E-state index in [0.29, 0.717) is 5.92 Å². The summed E-state index contributed by atoms with van der Waals surface area (Å²) in [6.45, 7) is 7.81. The van der Waals surface area contributed by atoms with Gasteiger partial charge in [0, 0.05) is 65.5 Å². The Morgan fingerprint density at radius 3 is 2.88 bits per heavy atom. The standard InChI is InChI=1S/C19H33ClN4O2/c1-4-21-19(24(3)14-18-12-17(20)13-23(18)2)22-8-5-9-26-15-16-6-10-25-11-7-16/h12-13,16H,4-11,14-15H2,1-3H3,(H,21,22). The molecule has 0 spiro atoms. The average molecular weight is 385 g/mol. The highest BCUT2D eigenvalue weighted by Crippen LogP contribution is 2.15. The summed E-state index contributed by atoms with van der Waals surface area (Å²) >= 11 is 6.07. The molecule has 1 aromatic rings. The van der Waals surface area contributed by atoms with Crippen molar-refractivity contribution in [3.05, 3.63) is 23.0 Å². The molecule has 1 aliphatic rings. The fourth-order valence-corrected chi connectivity index (χ4v) is 3.30. The van der Waals surface area contributed by atoms with Gasteiger partial charge in [0.2, 0.25) is 0 Å². The van der Waals surface area contributed by atoms with Crippen molar-refractivity contribution in [1.82, 2.24) is 14.8 Å². The lowest BCUT2D eigenvalue weighted by Gasteiger charge is -2.22. The van der Waals surface area contributed by atoms with Crippen molar-refractivity contribution < 1.29 is 9.47 Å². The second-order valence-electron chi connectivity index (χ2n) is 6.84. The molecule has 0 aliphatic carbocycles. The molecule has 0 atom stereocenters. The van der Waals surface area contributed by atoms with Crippen LogP contribution in [0.4, 0.5) is 0 Å². The third-order valence-electron chi connectivity index (χ3n) is 4.57. The molecular weight excluding hydrogens is 352 g/mol. The van der Waals surface area contributed by atoms with E-state index < -0.39 is 0 Å². The van der Waals surface area contributed by atoms with E-state index in [2.05, 4.69) is 17.1 Å². The van der Waals surface area contributed by atoms with Gasteiger partial charge in [-0.05, 0) is 38.2 Å². The number of hydrogen-bond acceptors (Lipinski definition) is 3. The van der Waals surface area contributed by atoms with Crippen LogP contribution in [0.3, 0.4) is 0 Å². The van der Waals surface area contributed by atoms with Crippen LogP contribution < -0.4 is 5.32 Å². The van der Waals surface area contributed by atoms with Crippen LogP contribution >= 0.6 is 11.6 Å². The van der Waals surface area contributed by atoms with E-state index in [1.807, 2.05) is 30.9 Å². The maximum absolute atomic E-state index is 6.07. The van der Waals surface area contributed by atoms with Crippen molar-refractivity contribution in [3.63, 3.8) is 0 Å². The summed E-state index contributed by atoms with van der Waals surface area (Å²) < 4.78 is 13.2. The molecule has 0 aromatic carbocycles.